The number of carbonyl (C=O) groups is 1. The van der Waals surface area contributed by atoms with Crippen molar-refractivity contribution in [3.05, 3.63) is 35.4 Å². The zero-order valence-corrected chi connectivity index (χ0v) is 11.4. The minimum absolute atomic E-state index is 0.161. The van der Waals surface area contributed by atoms with E-state index in [9.17, 15) is 13.2 Å². The molecule has 0 N–H and O–H groups in total. The summed E-state index contributed by atoms with van der Waals surface area (Å²) in [6.07, 6.45) is -0.353. The van der Waals surface area contributed by atoms with Crippen LogP contribution in [0.1, 0.15) is 24.2 Å². The molecule has 6 heteroatoms. The second-order valence-electron chi connectivity index (χ2n) is 3.84. The molecule has 18 heavy (non-hydrogen) atoms. The normalized spacial score (nSPS) is 13.1. The lowest BCUT2D eigenvalue weighted by Gasteiger charge is -2.15. The standard InChI is InChI=1S/C12H16O5S/c1-4-16-12(13)11(17-18(3,14)15)10-7-5-9(2)6-8-10/h5-8,11H,4H2,1-3H3. The number of hydrogen-bond acceptors (Lipinski definition) is 5. The first-order chi connectivity index (χ1) is 8.33. The summed E-state index contributed by atoms with van der Waals surface area (Å²) in [6.45, 7) is 3.69. The van der Waals surface area contributed by atoms with Gasteiger partial charge in [0.15, 0.2) is 6.10 Å². The van der Waals surface area contributed by atoms with Gasteiger partial charge in [-0.25, -0.2) is 4.79 Å². The molecule has 0 radical (unpaired) electrons. The van der Waals surface area contributed by atoms with Crippen molar-refractivity contribution in [1.29, 1.82) is 0 Å². The van der Waals surface area contributed by atoms with Gasteiger partial charge in [-0.1, -0.05) is 29.8 Å². The van der Waals surface area contributed by atoms with Crippen LogP contribution >= 0.6 is 0 Å². The third-order valence-corrected chi connectivity index (χ3v) is 2.69. The second-order valence-corrected chi connectivity index (χ2v) is 5.44. The van der Waals surface area contributed by atoms with E-state index in [1.807, 2.05) is 6.92 Å². The van der Waals surface area contributed by atoms with Crippen molar-refractivity contribution < 1.29 is 22.1 Å². The van der Waals surface area contributed by atoms with E-state index < -0.39 is 22.2 Å². The van der Waals surface area contributed by atoms with Crippen LogP contribution < -0.4 is 0 Å². The average Bonchev–Trinajstić information content (AvgIpc) is 2.26. The lowest BCUT2D eigenvalue weighted by molar-refractivity contribution is -0.151. The van der Waals surface area contributed by atoms with Crippen LogP contribution in [0.3, 0.4) is 0 Å². The number of esters is 1. The van der Waals surface area contributed by atoms with Crippen molar-refractivity contribution in [2.24, 2.45) is 0 Å². The summed E-state index contributed by atoms with van der Waals surface area (Å²) in [7, 11) is -3.75. The van der Waals surface area contributed by atoms with Gasteiger partial charge in [-0.15, -0.1) is 0 Å². The number of ether oxygens (including phenoxy) is 1. The van der Waals surface area contributed by atoms with Gasteiger partial charge in [0.05, 0.1) is 12.9 Å². The van der Waals surface area contributed by atoms with E-state index in [-0.39, 0.29) is 6.61 Å². The third kappa shape index (κ3) is 4.46. The van der Waals surface area contributed by atoms with E-state index in [2.05, 4.69) is 0 Å². The number of aryl methyl sites for hydroxylation is 1. The van der Waals surface area contributed by atoms with Crippen LogP contribution in [0.15, 0.2) is 24.3 Å². The van der Waals surface area contributed by atoms with Crippen molar-refractivity contribution in [3.63, 3.8) is 0 Å². The maximum Gasteiger partial charge on any atom is 0.341 e. The summed E-state index contributed by atoms with van der Waals surface area (Å²) >= 11 is 0. The van der Waals surface area contributed by atoms with Crippen molar-refractivity contribution >= 4 is 16.1 Å². The van der Waals surface area contributed by atoms with Crippen LogP contribution in [0, 0.1) is 6.92 Å². The predicted molar refractivity (Wildman–Crippen MR) is 66.5 cm³/mol. The summed E-state index contributed by atoms with van der Waals surface area (Å²) in [5.41, 5.74) is 1.45. The van der Waals surface area contributed by atoms with Crippen molar-refractivity contribution in [2.45, 2.75) is 20.0 Å². The van der Waals surface area contributed by atoms with Gasteiger partial charge in [0.2, 0.25) is 0 Å². The van der Waals surface area contributed by atoms with Gasteiger partial charge >= 0.3 is 5.97 Å². The maximum absolute atomic E-state index is 11.7. The average molecular weight is 272 g/mol. The Labute approximate surface area is 107 Å². The van der Waals surface area contributed by atoms with Crippen LogP contribution in [-0.2, 0) is 23.8 Å². The van der Waals surface area contributed by atoms with E-state index >= 15 is 0 Å². The number of benzene rings is 1. The first-order valence-electron chi connectivity index (χ1n) is 5.45. The van der Waals surface area contributed by atoms with Gasteiger partial charge in [-0.05, 0) is 19.4 Å². The Morgan fingerprint density at radius 1 is 1.28 bits per heavy atom. The molecule has 0 aliphatic carbocycles. The van der Waals surface area contributed by atoms with Gasteiger partial charge in [-0.2, -0.15) is 8.42 Å². The molecule has 0 saturated heterocycles. The molecule has 0 spiro atoms. The van der Waals surface area contributed by atoms with E-state index in [1.165, 1.54) is 0 Å². The fourth-order valence-corrected chi connectivity index (χ4v) is 1.90. The van der Waals surface area contributed by atoms with Crippen LogP contribution in [0.2, 0.25) is 0 Å². The fraction of sp³-hybridized carbons (Fsp3) is 0.417. The van der Waals surface area contributed by atoms with E-state index in [4.69, 9.17) is 8.92 Å². The highest BCUT2D eigenvalue weighted by molar-refractivity contribution is 7.86. The molecule has 1 unspecified atom stereocenters. The Morgan fingerprint density at radius 3 is 2.28 bits per heavy atom. The molecule has 0 aromatic heterocycles. The Morgan fingerprint density at radius 2 is 1.83 bits per heavy atom. The van der Waals surface area contributed by atoms with Gasteiger partial charge in [0, 0.05) is 0 Å². The summed E-state index contributed by atoms with van der Waals surface area (Å²) in [5.74, 6) is -0.716. The smallest absolute Gasteiger partial charge is 0.341 e. The first kappa shape index (κ1) is 14.7. The van der Waals surface area contributed by atoms with E-state index in [0.717, 1.165) is 11.8 Å². The highest BCUT2D eigenvalue weighted by Crippen LogP contribution is 2.21. The van der Waals surface area contributed by atoms with Gasteiger partial charge in [0.1, 0.15) is 0 Å². The number of rotatable bonds is 5. The monoisotopic (exact) mass is 272 g/mol. The van der Waals surface area contributed by atoms with Crippen LogP contribution in [0.25, 0.3) is 0 Å². The third-order valence-electron chi connectivity index (χ3n) is 2.15. The molecular weight excluding hydrogens is 256 g/mol. The Hall–Kier alpha value is -1.40. The molecule has 5 nitrogen and oxygen atoms in total. The Bertz CT molecular complexity index is 504. The second kappa shape index (κ2) is 5.97. The molecule has 0 fully saturated rings. The minimum Gasteiger partial charge on any atom is -0.464 e. The topological polar surface area (TPSA) is 69.7 Å². The van der Waals surface area contributed by atoms with Crippen LogP contribution in [0.4, 0.5) is 0 Å². The van der Waals surface area contributed by atoms with E-state index in [1.54, 1.807) is 31.2 Å². The lowest BCUT2D eigenvalue weighted by Crippen LogP contribution is -2.21. The molecule has 1 aromatic carbocycles. The maximum atomic E-state index is 11.7. The first-order valence-corrected chi connectivity index (χ1v) is 7.26. The fourth-order valence-electron chi connectivity index (χ4n) is 1.36. The molecule has 0 heterocycles. The summed E-state index contributed by atoms with van der Waals surface area (Å²) < 4.78 is 31.9. The van der Waals surface area contributed by atoms with Gasteiger partial charge in [-0.3, -0.25) is 4.18 Å². The lowest BCUT2D eigenvalue weighted by atomic mass is 10.1. The molecular formula is C12H16O5S. The molecule has 0 aliphatic heterocycles. The highest BCUT2D eigenvalue weighted by atomic mass is 32.2. The summed E-state index contributed by atoms with van der Waals surface area (Å²) in [6, 6.07) is 6.82. The molecule has 0 bridgehead atoms. The van der Waals surface area contributed by atoms with E-state index in [0.29, 0.717) is 5.56 Å². The van der Waals surface area contributed by atoms with Gasteiger partial charge < -0.3 is 4.74 Å². The quantitative estimate of drug-likeness (QED) is 0.601. The predicted octanol–water partition coefficient (Wildman–Crippen LogP) is 1.58. The number of hydrogen-bond donors (Lipinski definition) is 0. The van der Waals surface area contributed by atoms with Gasteiger partial charge in [0.25, 0.3) is 10.1 Å². The largest absolute Gasteiger partial charge is 0.464 e. The molecule has 0 aliphatic rings. The van der Waals surface area contributed by atoms with Crippen molar-refractivity contribution in [1.82, 2.24) is 0 Å². The molecule has 1 aromatic rings. The molecule has 0 saturated carbocycles. The Balaban J connectivity index is 3.03. The molecule has 1 rings (SSSR count). The van der Waals surface area contributed by atoms with Crippen LogP contribution in [-0.4, -0.2) is 27.2 Å². The Kier molecular flexibility index (Phi) is 4.86. The zero-order valence-electron chi connectivity index (χ0n) is 10.5. The van der Waals surface area contributed by atoms with Crippen molar-refractivity contribution in [2.75, 3.05) is 12.9 Å². The minimum atomic E-state index is -3.75. The van der Waals surface area contributed by atoms with Crippen LogP contribution in [0.5, 0.6) is 0 Å². The summed E-state index contributed by atoms with van der Waals surface area (Å²) in [5, 5.41) is 0. The van der Waals surface area contributed by atoms with Crippen molar-refractivity contribution in [3.8, 4) is 0 Å². The number of carbonyl (C=O) groups excluding carboxylic acids is 1. The molecule has 100 valence electrons. The molecule has 1 atom stereocenters. The zero-order chi connectivity index (χ0) is 13.8. The highest BCUT2D eigenvalue weighted by Gasteiger charge is 2.26. The molecule has 0 amide bonds. The SMILES string of the molecule is CCOC(=O)C(OS(C)(=O)=O)c1ccc(C)cc1. The summed E-state index contributed by atoms with van der Waals surface area (Å²) in [4.78, 5) is 11.7.